The van der Waals surface area contributed by atoms with Gasteiger partial charge in [0.2, 0.25) is 0 Å². The van der Waals surface area contributed by atoms with Gasteiger partial charge >= 0.3 is 6.09 Å². The van der Waals surface area contributed by atoms with E-state index in [0.717, 1.165) is 16.9 Å². The summed E-state index contributed by atoms with van der Waals surface area (Å²) >= 11 is 0. The average molecular weight is 540 g/mol. The third kappa shape index (κ3) is 8.29. The number of alkyl carbamates (subject to hydrolysis) is 1. The zero-order chi connectivity index (χ0) is 28.3. The fraction of sp³-hybridized carbons (Fsp3) is 0.226. The third-order valence-electron chi connectivity index (χ3n) is 6.29. The summed E-state index contributed by atoms with van der Waals surface area (Å²) in [5.74, 6) is 0.240. The van der Waals surface area contributed by atoms with Crippen LogP contribution in [0.4, 0.5) is 4.79 Å². The molecular weight excluding hydrogens is 506 g/mol. The summed E-state index contributed by atoms with van der Waals surface area (Å²) in [5, 5.41) is 6.67. The molecule has 0 aliphatic heterocycles. The van der Waals surface area contributed by atoms with Crippen LogP contribution in [0.3, 0.4) is 0 Å². The number of H-pyrrole nitrogens is 1. The number of nitrogens with zero attached hydrogens (tertiary/aromatic N) is 2. The Morgan fingerprint density at radius 3 is 2.40 bits per heavy atom. The molecule has 4 aromatic rings. The zero-order valence-corrected chi connectivity index (χ0v) is 22.8. The van der Waals surface area contributed by atoms with Crippen molar-refractivity contribution in [1.82, 2.24) is 20.7 Å². The van der Waals surface area contributed by atoms with Gasteiger partial charge in [0.1, 0.15) is 25.0 Å². The van der Waals surface area contributed by atoms with E-state index < -0.39 is 18.0 Å². The van der Waals surface area contributed by atoms with Crippen molar-refractivity contribution in [2.75, 3.05) is 0 Å². The second kappa shape index (κ2) is 13.7. The van der Waals surface area contributed by atoms with E-state index >= 15 is 0 Å². The summed E-state index contributed by atoms with van der Waals surface area (Å²) in [5.41, 5.74) is 9.63. The Labute approximate surface area is 233 Å². The second-order valence-electron chi connectivity index (χ2n) is 9.51. The SMILES string of the molecule is Cc1cc(C)c(COc2ccc(/C=N\NC(=O)[C@@H](Cc3cnc[nH]3)NC(=O)OCc3ccccc3)cc2)c(C)c1. The zero-order valence-electron chi connectivity index (χ0n) is 22.8. The smallest absolute Gasteiger partial charge is 0.408 e. The molecule has 0 spiro atoms. The van der Waals surface area contributed by atoms with Gasteiger partial charge in [-0.1, -0.05) is 48.0 Å². The van der Waals surface area contributed by atoms with E-state index in [4.69, 9.17) is 9.47 Å². The first-order valence-electron chi connectivity index (χ1n) is 12.9. The first-order chi connectivity index (χ1) is 19.4. The standard InChI is InChI=1S/C31H33N5O4/c1-21-13-22(2)28(23(3)14-21)19-39-27-11-9-24(10-12-27)16-34-36-30(37)29(15-26-17-32-20-33-26)35-31(38)40-18-25-7-5-4-6-8-25/h4-14,16-17,20,29H,15,18-19H2,1-3H3,(H,32,33)(H,35,38)(H,36,37)/b34-16-/t29-/m1/s1. The van der Waals surface area contributed by atoms with E-state index in [9.17, 15) is 9.59 Å². The molecule has 1 atom stereocenters. The molecule has 40 heavy (non-hydrogen) atoms. The number of hydrogen-bond donors (Lipinski definition) is 3. The quantitative estimate of drug-likeness (QED) is 0.185. The van der Waals surface area contributed by atoms with Crippen LogP contribution in [0.5, 0.6) is 5.75 Å². The van der Waals surface area contributed by atoms with E-state index in [1.807, 2.05) is 54.6 Å². The molecule has 3 aromatic carbocycles. The molecule has 2 amide bonds. The highest BCUT2D eigenvalue weighted by Crippen LogP contribution is 2.20. The Bertz CT molecular complexity index is 1410. The predicted molar refractivity (Wildman–Crippen MR) is 153 cm³/mol. The first-order valence-corrected chi connectivity index (χ1v) is 12.9. The molecule has 0 bridgehead atoms. The van der Waals surface area contributed by atoms with E-state index in [-0.39, 0.29) is 13.0 Å². The average Bonchev–Trinajstić information content (AvgIpc) is 3.45. The minimum atomic E-state index is -0.926. The van der Waals surface area contributed by atoms with Crippen molar-refractivity contribution in [1.29, 1.82) is 0 Å². The van der Waals surface area contributed by atoms with Gasteiger partial charge in [-0.3, -0.25) is 4.79 Å². The predicted octanol–water partition coefficient (Wildman–Crippen LogP) is 4.90. The number of carbonyl (C=O) groups excluding carboxylic acids is 2. The third-order valence-corrected chi connectivity index (χ3v) is 6.29. The fourth-order valence-electron chi connectivity index (χ4n) is 4.22. The van der Waals surface area contributed by atoms with Gasteiger partial charge in [-0.05, 0) is 72.9 Å². The number of hydrazone groups is 1. The maximum Gasteiger partial charge on any atom is 0.408 e. The largest absolute Gasteiger partial charge is 0.489 e. The lowest BCUT2D eigenvalue weighted by atomic mass is 10.0. The molecule has 0 aliphatic carbocycles. The minimum Gasteiger partial charge on any atom is -0.489 e. The number of benzene rings is 3. The highest BCUT2D eigenvalue weighted by atomic mass is 16.5. The van der Waals surface area contributed by atoms with Crippen molar-refractivity contribution in [2.24, 2.45) is 5.10 Å². The van der Waals surface area contributed by atoms with Crippen molar-refractivity contribution in [3.8, 4) is 5.75 Å². The van der Waals surface area contributed by atoms with Crippen LogP contribution in [0.1, 0.15) is 39.1 Å². The molecule has 0 aliphatic rings. The second-order valence-corrected chi connectivity index (χ2v) is 9.51. The summed E-state index contributed by atoms with van der Waals surface area (Å²) in [4.78, 5) is 32.2. The molecule has 4 rings (SSSR count). The maximum absolute atomic E-state index is 12.9. The monoisotopic (exact) mass is 539 g/mol. The lowest BCUT2D eigenvalue weighted by Gasteiger charge is -2.16. The molecule has 1 heterocycles. The van der Waals surface area contributed by atoms with Crippen molar-refractivity contribution >= 4 is 18.2 Å². The molecule has 1 aromatic heterocycles. The number of aryl methyl sites for hydroxylation is 3. The lowest BCUT2D eigenvalue weighted by Crippen LogP contribution is -2.47. The number of aromatic amines is 1. The number of rotatable bonds is 11. The summed E-state index contributed by atoms with van der Waals surface area (Å²) in [7, 11) is 0. The molecule has 0 unspecified atom stereocenters. The van der Waals surface area contributed by atoms with Gasteiger partial charge in [0.15, 0.2) is 0 Å². The molecule has 0 saturated heterocycles. The molecule has 9 nitrogen and oxygen atoms in total. The van der Waals surface area contributed by atoms with E-state index in [1.165, 1.54) is 34.8 Å². The summed E-state index contributed by atoms with van der Waals surface area (Å²) in [6.45, 7) is 6.85. The molecular formula is C31H33N5O4. The van der Waals surface area contributed by atoms with Crippen molar-refractivity contribution in [2.45, 2.75) is 46.4 Å². The Balaban J connectivity index is 1.30. The number of nitrogens with one attached hydrogen (secondary N) is 3. The van der Waals surface area contributed by atoms with Gasteiger partial charge in [0, 0.05) is 18.3 Å². The molecule has 9 heteroatoms. The first kappa shape index (κ1) is 28.1. The van der Waals surface area contributed by atoms with Crippen LogP contribution in [0, 0.1) is 20.8 Å². The number of carbonyl (C=O) groups is 2. The summed E-state index contributed by atoms with van der Waals surface area (Å²) < 4.78 is 11.3. The van der Waals surface area contributed by atoms with Gasteiger partial charge in [-0.2, -0.15) is 5.10 Å². The van der Waals surface area contributed by atoms with Crippen LogP contribution >= 0.6 is 0 Å². The maximum atomic E-state index is 12.9. The van der Waals surface area contributed by atoms with Crippen LogP contribution in [0.15, 0.2) is 84.4 Å². The van der Waals surface area contributed by atoms with E-state index in [1.54, 1.807) is 6.20 Å². The van der Waals surface area contributed by atoms with Gasteiger partial charge in [0.25, 0.3) is 5.91 Å². The van der Waals surface area contributed by atoms with Gasteiger partial charge < -0.3 is 19.8 Å². The van der Waals surface area contributed by atoms with Crippen LogP contribution < -0.4 is 15.5 Å². The van der Waals surface area contributed by atoms with Crippen LogP contribution in [0.25, 0.3) is 0 Å². The summed E-state index contributed by atoms with van der Waals surface area (Å²) in [6.07, 6.45) is 4.10. The Morgan fingerprint density at radius 1 is 1.00 bits per heavy atom. The number of ether oxygens (including phenoxy) is 2. The van der Waals surface area contributed by atoms with Crippen molar-refractivity contribution < 1.29 is 19.1 Å². The van der Waals surface area contributed by atoms with Crippen LogP contribution in [0.2, 0.25) is 0 Å². The van der Waals surface area contributed by atoms with Crippen molar-refractivity contribution in [3.05, 3.63) is 118 Å². The van der Waals surface area contributed by atoms with Crippen LogP contribution in [-0.4, -0.2) is 34.2 Å². The minimum absolute atomic E-state index is 0.0904. The Morgan fingerprint density at radius 2 is 1.73 bits per heavy atom. The highest BCUT2D eigenvalue weighted by molar-refractivity contribution is 5.87. The van der Waals surface area contributed by atoms with Gasteiger partial charge in [0.05, 0.1) is 12.5 Å². The lowest BCUT2D eigenvalue weighted by molar-refractivity contribution is -0.123. The highest BCUT2D eigenvalue weighted by Gasteiger charge is 2.22. The van der Waals surface area contributed by atoms with Crippen molar-refractivity contribution in [3.63, 3.8) is 0 Å². The number of amides is 2. The molecule has 3 N–H and O–H groups in total. The molecule has 0 saturated carbocycles. The van der Waals surface area contributed by atoms with E-state index in [0.29, 0.717) is 12.3 Å². The fourth-order valence-corrected chi connectivity index (χ4v) is 4.22. The molecule has 0 radical (unpaired) electrons. The topological polar surface area (TPSA) is 118 Å². The van der Waals surface area contributed by atoms with Crippen LogP contribution in [-0.2, 0) is 29.2 Å². The normalized spacial score (nSPS) is 11.7. The Kier molecular flexibility index (Phi) is 9.66. The van der Waals surface area contributed by atoms with Gasteiger partial charge in [-0.25, -0.2) is 15.2 Å². The molecule has 206 valence electrons. The van der Waals surface area contributed by atoms with E-state index in [2.05, 4.69) is 58.7 Å². The number of hydrogen-bond acceptors (Lipinski definition) is 6. The Hall–Kier alpha value is -4.92. The number of imidazole rings is 1. The van der Waals surface area contributed by atoms with Gasteiger partial charge in [-0.15, -0.1) is 0 Å². The molecule has 0 fully saturated rings. The number of aromatic nitrogens is 2. The summed E-state index contributed by atoms with van der Waals surface area (Å²) in [6, 6.07) is 20.1.